The molecule has 1 aromatic heterocycles. The van der Waals surface area contributed by atoms with E-state index in [0.29, 0.717) is 10.7 Å². The number of hydrogen-bond donors (Lipinski definition) is 2. The normalized spacial score (nSPS) is 9.69. The fourth-order valence-electron chi connectivity index (χ4n) is 1.81. The van der Waals surface area contributed by atoms with Crippen molar-refractivity contribution in [3.8, 4) is 6.07 Å². The number of aromatic nitrogens is 1. The summed E-state index contributed by atoms with van der Waals surface area (Å²) in [5, 5.41) is 13.8. The van der Waals surface area contributed by atoms with Crippen molar-refractivity contribution < 1.29 is 19.1 Å². The lowest BCUT2D eigenvalue weighted by Crippen LogP contribution is -2.21. The van der Waals surface area contributed by atoms with E-state index < -0.39 is 24.4 Å². The van der Waals surface area contributed by atoms with Crippen molar-refractivity contribution >= 4 is 40.9 Å². The van der Waals surface area contributed by atoms with Crippen LogP contribution in [0, 0.1) is 11.3 Å². The molecule has 0 saturated carbocycles. The second kappa shape index (κ2) is 9.15. The fraction of sp³-hybridized carbons (Fsp3) is 0.118. The number of amides is 2. The Labute approximate surface area is 153 Å². The number of carbonyl (C=O) groups excluding carboxylic acids is 3. The van der Waals surface area contributed by atoms with Crippen molar-refractivity contribution in [1.82, 2.24) is 4.98 Å². The van der Waals surface area contributed by atoms with Gasteiger partial charge >= 0.3 is 5.97 Å². The monoisotopic (exact) mass is 372 g/mol. The van der Waals surface area contributed by atoms with Crippen LogP contribution in [0.5, 0.6) is 0 Å². The summed E-state index contributed by atoms with van der Waals surface area (Å²) >= 11 is 5.69. The molecular weight excluding hydrogens is 360 g/mol. The second-order valence-electron chi connectivity index (χ2n) is 4.95. The molecule has 0 spiro atoms. The summed E-state index contributed by atoms with van der Waals surface area (Å²) in [6.45, 7) is -0.482. The molecule has 0 unspecified atom stereocenters. The molecular formula is C17H13ClN4O4. The van der Waals surface area contributed by atoms with Crippen molar-refractivity contribution in [3.05, 3.63) is 53.2 Å². The third kappa shape index (κ3) is 5.89. The summed E-state index contributed by atoms with van der Waals surface area (Å²) in [5.41, 5.74) is 0.647. The van der Waals surface area contributed by atoms with Gasteiger partial charge in [-0.1, -0.05) is 11.6 Å². The number of carbonyl (C=O) groups is 3. The van der Waals surface area contributed by atoms with Crippen LogP contribution in [0.25, 0.3) is 0 Å². The molecule has 2 rings (SSSR count). The molecule has 0 bridgehead atoms. The molecule has 1 aromatic carbocycles. The Morgan fingerprint density at radius 2 is 1.81 bits per heavy atom. The summed E-state index contributed by atoms with van der Waals surface area (Å²) in [5.74, 6) is -1.41. The quantitative estimate of drug-likeness (QED) is 0.751. The molecule has 0 aliphatic rings. The lowest BCUT2D eigenvalue weighted by Gasteiger charge is -2.07. The number of anilines is 2. The number of ether oxygens (including phenoxy) is 1. The van der Waals surface area contributed by atoms with Gasteiger partial charge in [-0.05, 0) is 36.4 Å². The maximum atomic E-state index is 11.9. The first kappa shape index (κ1) is 18.9. The largest absolute Gasteiger partial charge is 0.452 e. The lowest BCUT2D eigenvalue weighted by molar-refractivity contribution is -0.119. The van der Waals surface area contributed by atoms with E-state index in [2.05, 4.69) is 15.6 Å². The minimum Gasteiger partial charge on any atom is -0.452 e. The Morgan fingerprint density at radius 1 is 1.08 bits per heavy atom. The standard InChI is InChI=1S/C17H13ClN4O4/c18-12-3-6-14(20-9-12)22-16(24)10-26-17(25)11-1-4-13(5-2-11)21-15(23)7-8-19/h1-6,9H,7,10H2,(H,21,23)(H,20,22,24). The minimum atomic E-state index is -0.695. The average Bonchev–Trinajstić information content (AvgIpc) is 2.62. The van der Waals surface area contributed by atoms with Gasteiger partial charge in [0.25, 0.3) is 5.91 Å². The maximum absolute atomic E-state index is 11.9. The zero-order valence-electron chi connectivity index (χ0n) is 13.4. The molecule has 8 nitrogen and oxygen atoms in total. The first-order chi connectivity index (χ1) is 12.5. The highest BCUT2D eigenvalue weighted by Gasteiger charge is 2.11. The van der Waals surface area contributed by atoms with Gasteiger partial charge in [-0.2, -0.15) is 5.26 Å². The predicted octanol–water partition coefficient (Wildman–Crippen LogP) is 2.38. The highest BCUT2D eigenvalue weighted by Crippen LogP contribution is 2.12. The Kier molecular flexibility index (Phi) is 6.65. The molecule has 0 atom stereocenters. The molecule has 0 aliphatic heterocycles. The molecule has 132 valence electrons. The molecule has 2 amide bonds. The maximum Gasteiger partial charge on any atom is 0.338 e. The van der Waals surface area contributed by atoms with Gasteiger partial charge in [0.05, 0.1) is 16.7 Å². The van der Waals surface area contributed by atoms with E-state index in [-0.39, 0.29) is 17.8 Å². The topological polar surface area (TPSA) is 121 Å². The van der Waals surface area contributed by atoms with Crippen molar-refractivity contribution in [2.75, 3.05) is 17.2 Å². The molecule has 1 heterocycles. The predicted molar refractivity (Wildman–Crippen MR) is 93.5 cm³/mol. The van der Waals surface area contributed by atoms with Gasteiger partial charge in [0.2, 0.25) is 5.91 Å². The molecule has 2 N–H and O–H groups in total. The zero-order chi connectivity index (χ0) is 18.9. The third-order valence-electron chi connectivity index (χ3n) is 2.97. The van der Waals surface area contributed by atoms with E-state index >= 15 is 0 Å². The van der Waals surface area contributed by atoms with Crippen LogP contribution in [-0.4, -0.2) is 29.4 Å². The van der Waals surface area contributed by atoms with Gasteiger partial charge in [-0.3, -0.25) is 9.59 Å². The molecule has 0 fully saturated rings. The van der Waals surface area contributed by atoms with E-state index in [1.807, 2.05) is 0 Å². The lowest BCUT2D eigenvalue weighted by atomic mass is 10.2. The van der Waals surface area contributed by atoms with Crippen molar-refractivity contribution in [2.24, 2.45) is 0 Å². The van der Waals surface area contributed by atoms with E-state index in [1.165, 1.54) is 36.5 Å². The number of benzene rings is 1. The summed E-state index contributed by atoms with van der Waals surface area (Å²) in [6, 6.07) is 10.7. The summed E-state index contributed by atoms with van der Waals surface area (Å²) in [7, 11) is 0. The molecule has 0 aliphatic carbocycles. The molecule has 26 heavy (non-hydrogen) atoms. The number of nitriles is 1. The van der Waals surface area contributed by atoms with Crippen molar-refractivity contribution in [1.29, 1.82) is 5.26 Å². The van der Waals surface area contributed by atoms with Gasteiger partial charge < -0.3 is 15.4 Å². The molecule has 2 aromatic rings. The Morgan fingerprint density at radius 3 is 2.42 bits per heavy atom. The first-order valence-corrected chi connectivity index (χ1v) is 7.71. The average molecular weight is 373 g/mol. The molecule has 0 radical (unpaired) electrons. The SMILES string of the molecule is N#CCC(=O)Nc1ccc(C(=O)OCC(=O)Nc2ccc(Cl)cn2)cc1. The minimum absolute atomic E-state index is 0.209. The van der Waals surface area contributed by atoms with E-state index in [4.69, 9.17) is 21.6 Å². The summed E-state index contributed by atoms with van der Waals surface area (Å²) in [4.78, 5) is 38.8. The summed E-state index contributed by atoms with van der Waals surface area (Å²) in [6.07, 6.45) is 1.11. The molecule has 0 saturated heterocycles. The van der Waals surface area contributed by atoms with Crippen molar-refractivity contribution in [2.45, 2.75) is 6.42 Å². The summed E-state index contributed by atoms with van der Waals surface area (Å²) < 4.78 is 4.91. The fourth-order valence-corrected chi connectivity index (χ4v) is 1.92. The highest BCUT2D eigenvalue weighted by atomic mass is 35.5. The number of nitrogens with zero attached hydrogens (tertiary/aromatic N) is 2. The van der Waals surface area contributed by atoms with E-state index in [0.717, 1.165) is 0 Å². The molecule has 9 heteroatoms. The van der Waals surface area contributed by atoms with Gasteiger partial charge in [-0.15, -0.1) is 0 Å². The van der Waals surface area contributed by atoms with Crippen LogP contribution in [0.4, 0.5) is 11.5 Å². The van der Waals surface area contributed by atoms with Gasteiger partial charge in [0, 0.05) is 11.9 Å². The Bertz CT molecular complexity index is 845. The number of halogens is 1. The van der Waals surface area contributed by atoms with E-state index in [9.17, 15) is 14.4 Å². The zero-order valence-corrected chi connectivity index (χ0v) is 14.1. The Hall–Kier alpha value is -3.44. The van der Waals surface area contributed by atoms with Crippen LogP contribution in [0.2, 0.25) is 5.02 Å². The third-order valence-corrected chi connectivity index (χ3v) is 3.20. The van der Waals surface area contributed by atoms with Gasteiger partial charge in [0.15, 0.2) is 6.61 Å². The van der Waals surface area contributed by atoms with Gasteiger partial charge in [-0.25, -0.2) is 9.78 Å². The van der Waals surface area contributed by atoms with Crippen LogP contribution >= 0.6 is 11.6 Å². The second-order valence-corrected chi connectivity index (χ2v) is 5.38. The van der Waals surface area contributed by atoms with Gasteiger partial charge in [0.1, 0.15) is 12.2 Å². The van der Waals surface area contributed by atoms with Crippen LogP contribution < -0.4 is 10.6 Å². The number of esters is 1. The van der Waals surface area contributed by atoms with Crippen LogP contribution in [0.1, 0.15) is 16.8 Å². The first-order valence-electron chi connectivity index (χ1n) is 7.33. The number of pyridine rings is 1. The van der Waals surface area contributed by atoms with Crippen molar-refractivity contribution in [3.63, 3.8) is 0 Å². The highest BCUT2D eigenvalue weighted by molar-refractivity contribution is 6.30. The smallest absolute Gasteiger partial charge is 0.338 e. The van der Waals surface area contributed by atoms with Crippen LogP contribution in [-0.2, 0) is 14.3 Å². The van der Waals surface area contributed by atoms with E-state index in [1.54, 1.807) is 12.1 Å². The number of rotatable bonds is 6. The van der Waals surface area contributed by atoms with Crippen LogP contribution in [0.15, 0.2) is 42.6 Å². The van der Waals surface area contributed by atoms with Crippen LogP contribution in [0.3, 0.4) is 0 Å². The Balaban J connectivity index is 1.83. The number of nitrogens with one attached hydrogen (secondary N) is 2. The number of hydrogen-bond acceptors (Lipinski definition) is 6.